The third-order valence-corrected chi connectivity index (χ3v) is 7.33. The number of amides is 3. The lowest BCUT2D eigenvalue weighted by Crippen LogP contribution is -2.38. The zero-order chi connectivity index (χ0) is 22.5. The van der Waals surface area contributed by atoms with E-state index >= 15 is 0 Å². The van der Waals surface area contributed by atoms with Crippen LogP contribution in [-0.4, -0.2) is 39.9 Å². The molecule has 2 aromatic rings. The Bertz CT molecular complexity index is 1090. The van der Waals surface area contributed by atoms with E-state index in [0.717, 1.165) is 37.8 Å². The van der Waals surface area contributed by atoms with Gasteiger partial charge in [-0.05, 0) is 63.1 Å². The molecule has 0 unspecified atom stereocenters. The molecule has 8 nitrogen and oxygen atoms in total. The molecular weight excluding hydrogens is 430 g/mol. The molecule has 2 heterocycles. The van der Waals surface area contributed by atoms with Crippen LogP contribution in [0.3, 0.4) is 0 Å². The number of carbonyl (C=O) groups is 3. The molecule has 2 aliphatic carbocycles. The second kappa shape index (κ2) is 7.92. The van der Waals surface area contributed by atoms with Gasteiger partial charge in [-0.15, -0.1) is 0 Å². The lowest BCUT2D eigenvalue weighted by atomic mass is 9.71. The molecule has 5 rings (SSSR count). The van der Waals surface area contributed by atoms with Gasteiger partial charge in [0.2, 0.25) is 5.91 Å². The van der Waals surface area contributed by atoms with Gasteiger partial charge in [-0.1, -0.05) is 17.7 Å². The van der Waals surface area contributed by atoms with Gasteiger partial charge >= 0.3 is 0 Å². The van der Waals surface area contributed by atoms with Gasteiger partial charge in [-0.2, -0.15) is 0 Å². The highest BCUT2D eigenvalue weighted by molar-refractivity contribution is 6.31. The molecule has 0 radical (unpaired) electrons. The SMILES string of the molecule is NC(=O)c1c(C(=O)NC2CC2)ncn1C1CCC2(CC1)CCN(c1cccc(Cl)c1)C2=O. The number of rotatable bonds is 5. The predicted molar refractivity (Wildman–Crippen MR) is 120 cm³/mol. The number of nitrogens with zero attached hydrogens (tertiary/aromatic N) is 3. The van der Waals surface area contributed by atoms with Crippen LogP contribution >= 0.6 is 11.6 Å². The van der Waals surface area contributed by atoms with Crippen LogP contribution in [0.4, 0.5) is 5.69 Å². The van der Waals surface area contributed by atoms with Crippen molar-refractivity contribution in [2.45, 2.75) is 57.0 Å². The average Bonchev–Trinajstić information content (AvgIpc) is 3.37. The number of halogens is 1. The van der Waals surface area contributed by atoms with Crippen LogP contribution in [0.15, 0.2) is 30.6 Å². The number of primary amides is 1. The smallest absolute Gasteiger partial charge is 0.272 e. The van der Waals surface area contributed by atoms with Crippen molar-refractivity contribution in [3.8, 4) is 0 Å². The zero-order valence-electron chi connectivity index (χ0n) is 17.7. The molecule has 3 amide bonds. The van der Waals surface area contributed by atoms with Gasteiger partial charge in [0, 0.05) is 29.3 Å². The molecule has 0 bridgehead atoms. The molecule has 32 heavy (non-hydrogen) atoms. The standard InChI is InChI=1S/C23H26ClN5O3/c24-14-2-1-3-17(12-14)28-11-10-23(22(28)32)8-6-16(7-9-23)29-13-26-18(19(29)20(25)30)21(31)27-15-4-5-15/h1-3,12-13,15-16H,4-11H2,(H2,25,30)(H,27,31). The van der Waals surface area contributed by atoms with Crippen molar-refractivity contribution in [3.05, 3.63) is 47.0 Å². The first-order valence-electron chi connectivity index (χ1n) is 11.1. The van der Waals surface area contributed by atoms with Crippen molar-refractivity contribution in [1.29, 1.82) is 0 Å². The Morgan fingerprint density at radius 2 is 1.91 bits per heavy atom. The van der Waals surface area contributed by atoms with Crippen LogP contribution in [0.1, 0.15) is 72.0 Å². The second-order valence-corrected chi connectivity index (χ2v) is 9.60. The minimum Gasteiger partial charge on any atom is -0.364 e. The number of hydrogen-bond acceptors (Lipinski definition) is 4. The molecule has 1 spiro atoms. The molecule has 9 heteroatoms. The summed E-state index contributed by atoms with van der Waals surface area (Å²) < 4.78 is 1.74. The maximum absolute atomic E-state index is 13.4. The van der Waals surface area contributed by atoms with Crippen LogP contribution < -0.4 is 16.0 Å². The molecule has 1 saturated heterocycles. The average molecular weight is 456 g/mol. The predicted octanol–water partition coefficient (Wildman–Crippen LogP) is 3.07. The minimum absolute atomic E-state index is 0.0221. The third kappa shape index (κ3) is 3.66. The van der Waals surface area contributed by atoms with E-state index < -0.39 is 11.3 Å². The normalized spacial score (nSPS) is 25.3. The summed E-state index contributed by atoms with van der Waals surface area (Å²) in [5.41, 5.74) is 6.32. The number of nitrogens with one attached hydrogen (secondary N) is 1. The molecular formula is C23H26ClN5O3. The number of aromatic nitrogens is 2. The number of nitrogens with two attached hydrogens (primary N) is 1. The van der Waals surface area contributed by atoms with Gasteiger partial charge in [0.15, 0.2) is 5.69 Å². The number of benzene rings is 1. The summed E-state index contributed by atoms with van der Waals surface area (Å²) in [5, 5.41) is 3.48. The first-order chi connectivity index (χ1) is 15.4. The largest absolute Gasteiger partial charge is 0.364 e. The highest BCUT2D eigenvalue weighted by Gasteiger charge is 2.49. The van der Waals surface area contributed by atoms with Crippen LogP contribution in [-0.2, 0) is 4.79 Å². The Kier molecular flexibility index (Phi) is 5.20. The lowest BCUT2D eigenvalue weighted by molar-refractivity contribution is -0.127. The van der Waals surface area contributed by atoms with Crippen LogP contribution in [0.5, 0.6) is 0 Å². The van der Waals surface area contributed by atoms with E-state index in [9.17, 15) is 14.4 Å². The van der Waals surface area contributed by atoms with Gasteiger partial charge in [-0.25, -0.2) is 4.98 Å². The van der Waals surface area contributed by atoms with Gasteiger partial charge in [0.1, 0.15) is 5.69 Å². The third-order valence-electron chi connectivity index (χ3n) is 7.09. The molecule has 1 aromatic carbocycles. The first-order valence-corrected chi connectivity index (χ1v) is 11.5. The fourth-order valence-electron chi connectivity index (χ4n) is 5.14. The molecule has 3 N–H and O–H groups in total. The molecule has 1 aliphatic heterocycles. The zero-order valence-corrected chi connectivity index (χ0v) is 18.5. The quantitative estimate of drug-likeness (QED) is 0.721. The summed E-state index contributed by atoms with van der Waals surface area (Å²) >= 11 is 6.12. The van der Waals surface area contributed by atoms with Gasteiger partial charge in [0.25, 0.3) is 11.8 Å². The number of carbonyl (C=O) groups excluding carboxylic acids is 3. The Labute approximate surface area is 191 Å². The summed E-state index contributed by atoms with van der Waals surface area (Å²) in [7, 11) is 0. The van der Waals surface area contributed by atoms with Crippen molar-refractivity contribution in [3.63, 3.8) is 0 Å². The highest BCUT2D eigenvalue weighted by atomic mass is 35.5. The van der Waals surface area contributed by atoms with E-state index in [0.29, 0.717) is 24.4 Å². The summed E-state index contributed by atoms with van der Waals surface area (Å²) in [6.07, 6.45) is 7.10. The van der Waals surface area contributed by atoms with Crippen molar-refractivity contribution >= 4 is 35.0 Å². The van der Waals surface area contributed by atoms with Gasteiger partial charge in [0.05, 0.1) is 11.7 Å². The fourth-order valence-corrected chi connectivity index (χ4v) is 5.32. The highest BCUT2D eigenvalue weighted by Crippen LogP contribution is 2.49. The molecule has 3 aliphatic rings. The number of imidazole rings is 1. The molecule has 2 saturated carbocycles. The van der Waals surface area contributed by atoms with Crippen LogP contribution in [0, 0.1) is 5.41 Å². The van der Waals surface area contributed by atoms with Crippen molar-refractivity contribution in [1.82, 2.24) is 14.9 Å². The Morgan fingerprint density at radius 1 is 1.16 bits per heavy atom. The molecule has 0 atom stereocenters. The monoisotopic (exact) mass is 455 g/mol. The molecule has 1 aromatic heterocycles. The summed E-state index contributed by atoms with van der Waals surface area (Å²) in [6.45, 7) is 0.674. The van der Waals surface area contributed by atoms with Gasteiger partial charge in [-0.3, -0.25) is 14.4 Å². The van der Waals surface area contributed by atoms with Gasteiger partial charge < -0.3 is 20.5 Å². The van der Waals surface area contributed by atoms with Crippen LogP contribution in [0.25, 0.3) is 0 Å². The van der Waals surface area contributed by atoms with Crippen LogP contribution in [0.2, 0.25) is 5.02 Å². The Balaban J connectivity index is 1.32. The molecule has 168 valence electrons. The molecule has 3 fully saturated rings. The maximum atomic E-state index is 13.4. The number of anilines is 1. The van der Waals surface area contributed by atoms with Crippen molar-refractivity contribution in [2.24, 2.45) is 11.1 Å². The summed E-state index contributed by atoms with van der Waals surface area (Å²) in [6, 6.07) is 7.53. The fraction of sp³-hybridized carbons (Fsp3) is 0.478. The maximum Gasteiger partial charge on any atom is 0.272 e. The van der Waals surface area contributed by atoms with E-state index in [2.05, 4.69) is 10.3 Å². The Morgan fingerprint density at radius 3 is 2.56 bits per heavy atom. The summed E-state index contributed by atoms with van der Waals surface area (Å²) in [4.78, 5) is 44.1. The van der Waals surface area contributed by atoms with Crippen molar-refractivity contribution < 1.29 is 14.4 Å². The second-order valence-electron chi connectivity index (χ2n) is 9.16. The van der Waals surface area contributed by atoms with E-state index in [4.69, 9.17) is 17.3 Å². The first kappa shape index (κ1) is 21.0. The van der Waals surface area contributed by atoms with E-state index in [1.54, 1.807) is 17.0 Å². The topological polar surface area (TPSA) is 110 Å². The van der Waals surface area contributed by atoms with Crippen molar-refractivity contribution in [2.75, 3.05) is 11.4 Å². The van der Waals surface area contributed by atoms with E-state index in [-0.39, 0.29) is 35.3 Å². The van der Waals surface area contributed by atoms with E-state index in [1.807, 2.05) is 23.1 Å². The lowest BCUT2D eigenvalue weighted by Gasteiger charge is -2.36. The Hall–Kier alpha value is -2.87. The van der Waals surface area contributed by atoms with E-state index in [1.165, 1.54) is 0 Å². The summed E-state index contributed by atoms with van der Waals surface area (Å²) in [5.74, 6) is -0.869. The minimum atomic E-state index is -0.659. The number of hydrogen-bond donors (Lipinski definition) is 2.